The van der Waals surface area contributed by atoms with E-state index in [1.807, 2.05) is 36.4 Å². The van der Waals surface area contributed by atoms with Gasteiger partial charge in [0.1, 0.15) is 5.75 Å². The van der Waals surface area contributed by atoms with E-state index >= 15 is 0 Å². The van der Waals surface area contributed by atoms with Crippen LogP contribution in [0.2, 0.25) is 0 Å². The Morgan fingerprint density at radius 1 is 1.17 bits per heavy atom. The molecule has 1 N–H and O–H groups in total. The number of methoxy groups -OCH3 is 1. The molecule has 0 atom stereocenters. The third kappa shape index (κ3) is 5.86. The van der Waals surface area contributed by atoms with Crippen molar-refractivity contribution < 1.29 is 9.53 Å². The molecule has 0 spiro atoms. The second kappa shape index (κ2) is 10.8. The molecule has 1 heterocycles. The lowest BCUT2D eigenvalue weighted by Crippen LogP contribution is -2.27. The number of ether oxygens (including phenoxy) is 1. The minimum absolute atomic E-state index is 0.00309. The van der Waals surface area contributed by atoms with Crippen LogP contribution in [0.3, 0.4) is 0 Å². The Morgan fingerprint density at radius 2 is 1.97 bits per heavy atom. The number of hydrogen-bond donors (Lipinski definition) is 1. The van der Waals surface area contributed by atoms with E-state index in [2.05, 4.69) is 46.1 Å². The second-order valence-electron chi connectivity index (χ2n) is 7.06. The summed E-state index contributed by atoms with van der Waals surface area (Å²) in [5.74, 6) is 2.00. The molecular weight excluding hydrogens is 396 g/mol. The SMILES string of the molecule is CCCn1c(SCC(=O)NCCc2ccc(OC)cc2)nnc1-c1cccc(C)c1. The molecule has 0 aliphatic carbocycles. The van der Waals surface area contributed by atoms with Gasteiger partial charge in [-0.2, -0.15) is 0 Å². The van der Waals surface area contributed by atoms with Crippen LogP contribution in [0.1, 0.15) is 24.5 Å². The average Bonchev–Trinajstić information content (AvgIpc) is 3.15. The Morgan fingerprint density at radius 3 is 2.67 bits per heavy atom. The maximum absolute atomic E-state index is 12.3. The van der Waals surface area contributed by atoms with E-state index in [1.165, 1.54) is 17.3 Å². The normalized spacial score (nSPS) is 10.8. The van der Waals surface area contributed by atoms with Crippen molar-refractivity contribution in [3.05, 3.63) is 59.7 Å². The van der Waals surface area contributed by atoms with E-state index in [0.717, 1.165) is 47.2 Å². The molecule has 0 fully saturated rings. The predicted molar refractivity (Wildman–Crippen MR) is 121 cm³/mol. The summed E-state index contributed by atoms with van der Waals surface area (Å²) in [5, 5.41) is 12.5. The van der Waals surface area contributed by atoms with Crippen molar-refractivity contribution in [1.29, 1.82) is 0 Å². The van der Waals surface area contributed by atoms with Crippen molar-refractivity contribution in [2.45, 2.75) is 38.4 Å². The Balaban J connectivity index is 1.55. The molecule has 0 saturated carbocycles. The first kappa shape index (κ1) is 21.9. The highest BCUT2D eigenvalue weighted by Gasteiger charge is 2.15. The Hall–Kier alpha value is -2.80. The van der Waals surface area contributed by atoms with Gasteiger partial charge in [0.05, 0.1) is 12.9 Å². The van der Waals surface area contributed by atoms with Gasteiger partial charge >= 0.3 is 0 Å². The quantitative estimate of drug-likeness (QED) is 0.496. The maximum Gasteiger partial charge on any atom is 0.230 e. The van der Waals surface area contributed by atoms with Crippen molar-refractivity contribution in [3.63, 3.8) is 0 Å². The van der Waals surface area contributed by atoms with Crippen LogP contribution in [0.15, 0.2) is 53.7 Å². The summed E-state index contributed by atoms with van der Waals surface area (Å²) < 4.78 is 7.26. The number of amides is 1. The highest BCUT2D eigenvalue weighted by molar-refractivity contribution is 7.99. The minimum atomic E-state index is -0.00309. The molecule has 3 aromatic rings. The molecule has 1 amide bonds. The van der Waals surface area contributed by atoms with Crippen molar-refractivity contribution in [2.24, 2.45) is 0 Å². The van der Waals surface area contributed by atoms with E-state index in [9.17, 15) is 4.79 Å². The number of aryl methyl sites for hydroxylation is 1. The fourth-order valence-corrected chi connectivity index (χ4v) is 3.93. The van der Waals surface area contributed by atoms with Gasteiger partial charge in [0.15, 0.2) is 11.0 Å². The molecule has 1 aromatic heterocycles. The molecule has 7 heteroatoms. The van der Waals surface area contributed by atoms with Gasteiger partial charge in [-0.3, -0.25) is 4.79 Å². The van der Waals surface area contributed by atoms with Crippen LogP contribution in [0.25, 0.3) is 11.4 Å². The van der Waals surface area contributed by atoms with E-state index in [0.29, 0.717) is 12.3 Å². The largest absolute Gasteiger partial charge is 0.497 e. The van der Waals surface area contributed by atoms with Crippen molar-refractivity contribution in [3.8, 4) is 17.1 Å². The topological polar surface area (TPSA) is 69.0 Å². The monoisotopic (exact) mass is 424 g/mol. The zero-order chi connectivity index (χ0) is 21.3. The minimum Gasteiger partial charge on any atom is -0.497 e. The smallest absolute Gasteiger partial charge is 0.230 e. The van der Waals surface area contributed by atoms with Crippen LogP contribution in [0, 0.1) is 6.92 Å². The summed E-state index contributed by atoms with van der Waals surface area (Å²) in [4.78, 5) is 12.3. The summed E-state index contributed by atoms with van der Waals surface area (Å²) in [7, 11) is 1.65. The first-order chi connectivity index (χ1) is 14.6. The molecule has 0 bridgehead atoms. The number of carbonyl (C=O) groups excluding carboxylic acids is 1. The predicted octanol–water partition coefficient (Wildman–Crippen LogP) is 4.12. The van der Waals surface area contributed by atoms with E-state index in [4.69, 9.17) is 4.74 Å². The molecule has 0 radical (unpaired) electrons. The summed E-state index contributed by atoms with van der Waals surface area (Å²) in [6.07, 6.45) is 1.75. The Bertz CT molecular complexity index is 970. The zero-order valence-corrected chi connectivity index (χ0v) is 18.5. The summed E-state index contributed by atoms with van der Waals surface area (Å²) >= 11 is 1.43. The van der Waals surface area contributed by atoms with E-state index < -0.39 is 0 Å². The number of benzene rings is 2. The summed E-state index contributed by atoms with van der Waals surface area (Å²) in [6, 6.07) is 16.1. The molecule has 3 rings (SSSR count). The first-order valence-electron chi connectivity index (χ1n) is 10.1. The highest BCUT2D eigenvalue weighted by Crippen LogP contribution is 2.25. The van der Waals surface area contributed by atoms with E-state index in [-0.39, 0.29) is 5.91 Å². The third-order valence-electron chi connectivity index (χ3n) is 4.67. The molecule has 158 valence electrons. The van der Waals surface area contributed by atoms with Gasteiger partial charge in [0, 0.05) is 18.7 Å². The Labute approximate surface area is 182 Å². The number of nitrogens with one attached hydrogen (secondary N) is 1. The standard InChI is InChI=1S/C23H28N4O2S/c1-4-14-27-22(19-7-5-6-17(2)15-19)25-26-23(27)30-16-21(28)24-13-12-18-8-10-20(29-3)11-9-18/h5-11,15H,4,12-14,16H2,1-3H3,(H,24,28). The number of aromatic nitrogens is 3. The second-order valence-corrected chi connectivity index (χ2v) is 8.01. The number of thioether (sulfide) groups is 1. The lowest BCUT2D eigenvalue weighted by molar-refractivity contribution is -0.118. The molecule has 0 unspecified atom stereocenters. The van der Waals surface area contributed by atoms with Crippen LogP contribution in [-0.4, -0.2) is 40.1 Å². The van der Waals surface area contributed by atoms with Crippen LogP contribution in [0.4, 0.5) is 0 Å². The molecular formula is C23H28N4O2S. The van der Waals surface area contributed by atoms with Crippen LogP contribution < -0.4 is 10.1 Å². The van der Waals surface area contributed by atoms with Gasteiger partial charge in [0.2, 0.25) is 5.91 Å². The molecule has 6 nitrogen and oxygen atoms in total. The number of nitrogens with zero attached hydrogens (tertiary/aromatic N) is 3. The van der Waals surface area contributed by atoms with Gasteiger partial charge in [-0.05, 0) is 43.5 Å². The van der Waals surface area contributed by atoms with Crippen molar-refractivity contribution >= 4 is 17.7 Å². The van der Waals surface area contributed by atoms with Gasteiger partial charge < -0.3 is 14.6 Å². The number of rotatable bonds is 10. The maximum atomic E-state index is 12.3. The van der Waals surface area contributed by atoms with Gasteiger partial charge in [-0.1, -0.05) is 54.6 Å². The molecule has 0 aliphatic heterocycles. The third-order valence-corrected chi connectivity index (χ3v) is 5.63. The fourth-order valence-electron chi connectivity index (χ4n) is 3.14. The number of hydrogen-bond acceptors (Lipinski definition) is 5. The highest BCUT2D eigenvalue weighted by atomic mass is 32.2. The van der Waals surface area contributed by atoms with Crippen LogP contribution >= 0.6 is 11.8 Å². The van der Waals surface area contributed by atoms with Gasteiger partial charge in [0.25, 0.3) is 0 Å². The molecule has 0 aliphatic rings. The van der Waals surface area contributed by atoms with Crippen molar-refractivity contribution in [1.82, 2.24) is 20.1 Å². The summed E-state index contributed by atoms with van der Waals surface area (Å²) in [5.41, 5.74) is 3.39. The first-order valence-corrected chi connectivity index (χ1v) is 11.1. The van der Waals surface area contributed by atoms with E-state index in [1.54, 1.807) is 7.11 Å². The lowest BCUT2D eigenvalue weighted by atomic mass is 10.1. The average molecular weight is 425 g/mol. The molecule has 30 heavy (non-hydrogen) atoms. The van der Waals surface area contributed by atoms with Crippen LogP contribution in [-0.2, 0) is 17.8 Å². The van der Waals surface area contributed by atoms with Gasteiger partial charge in [-0.15, -0.1) is 10.2 Å². The zero-order valence-electron chi connectivity index (χ0n) is 17.7. The van der Waals surface area contributed by atoms with Crippen LogP contribution in [0.5, 0.6) is 5.75 Å². The summed E-state index contributed by atoms with van der Waals surface area (Å²) in [6.45, 7) is 5.61. The van der Waals surface area contributed by atoms with Crippen molar-refractivity contribution in [2.75, 3.05) is 19.4 Å². The number of carbonyl (C=O) groups is 1. The molecule has 0 saturated heterocycles. The fraction of sp³-hybridized carbons (Fsp3) is 0.348. The lowest BCUT2D eigenvalue weighted by Gasteiger charge is -2.10. The van der Waals surface area contributed by atoms with Gasteiger partial charge in [-0.25, -0.2) is 0 Å². The Kier molecular flexibility index (Phi) is 7.90. The molecule has 2 aromatic carbocycles.